The largest absolute Gasteiger partial charge is 0.508 e. The van der Waals surface area contributed by atoms with Crippen LogP contribution in [0.4, 0.5) is 0 Å². The Morgan fingerprint density at radius 2 is 1.39 bits per heavy atom. The van der Waals surface area contributed by atoms with Crippen molar-refractivity contribution in [2.75, 3.05) is 0 Å². The molecular formula is C21H26O2. The molecule has 2 aromatic carbocycles. The Kier molecular flexibility index (Phi) is 6.28. The highest BCUT2D eigenvalue weighted by atomic mass is 16.3. The van der Waals surface area contributed by atoms with E-state index in [1.165, 1.54) is 23.1 Å². The van der Waals surface area contributed by atoms with Gasteiger partial charge in [-0.2, -0.15) is 0 Å². The van der Waals surface area contributed by atoms with Gasteiger partial charge in [0.2, 0.25) is 0 Å². The topological polar surface area (TPSA) is 40.5 Å². The van der Waals surface area contributed by atoms with E-state index in [0.717, 1.165) is 19.3 Å². The average Bonchev–Trinajstić information content (AvgIpc) is 2.57. The minimum absolute atomic E-state index is 0.306. The van der Waals surface area contributed by atoms with Crippen LogP contribution >= 0.6 is 0 Å². The molecule has 0 bridgehead atoms. The summed E-state index contributed by atoms with van der Waals surface area (Å²) in [6.07, 6.45) is 6.96. The molecule has 1 atom stereocenters. The van der Waals surface area contributed by atoms with E-state index in [-0.39, 0.29) is 0 Å². The molecule has 0 spiro atoms. The van der Waals surface area contributed by atoms with Crippen LogP contribution in [0.2, 0.25) is 0 Å². The van der Waals surface area contributed by atoms with Gasteiger partial charge in [0.1, 0.15) is 11.5 Å². The molecule has 0 amide bonds. The molecule has 0 heterocycles. The van der Waals surface area contributed by atoms with Crippen LogP contribution in [0, 0.1) is 0 Å². The fourth-order valence-electron chi connectivity index (χ4n) is 2.82. The number of benzene rings is 2. The summed E-state index contributed by atoms with van der Waals surface area (Å²) in [6.45, 7) is 4.25. The van der Waals surface area contributed by atoms with Crippen molar-refractivity contribution in [3.63, 3.8) is 0 Å². The average molecular weight is 310 g/mol. The quantitative estimate of drug-likeness (QED) is 0.728. The van der Waals surface area contributed by atoms with Crippen molar-refractivity contribution in [3.8, 4) is 11.5 Å². The van der Waals surface area contributed by atoms with Crippen molar-refractivity contribution in [2.45, 2.75) is 45.4 Å². The van der Waals surface area contributed by atoms with Crippen molar-refractivity contribution < 1.29 is 10.2 Å². The fourth-order valence-corrected chi connectivity index (χ4v) is 2.82. The first kappa shape index (κ1) is 17.1. The molecule has 2 aromatic rings. The molecule has 3 rings (SSSR count). The van der Waals surface area contributed by atoms with E-state index in [1.54, 1.807) is 24.3 Å². The van der Waals surface area contributed by atoms with Crippen LogP contribution in [-0.4, -0.2) is 10.2 Å². The Morgan fingerprint density at radius 3 is 1.96 bits per heavy atom. The van der Waals surface area contributed by atoms with E-state index in [1.807, 2.05) is 24.3 Å². The monoisotopic (exact) mass is 310 g/mol. The highest BCUT2D eigenvalue weighted by Crippen LogP contribution is 2.36. The second kappa shape index (κ2) is 8.42. The maximum absolute atomic E-state index is 9.37. The minimum Gasteiger partial charge on any atom is -0.508 e. The van der Waals surface area contributed by atoms with Gasteiger partial charge in [0.15, 0.2) is 0 Å². The second-order valence-electron chi connectivity index (χ2n) is 6.04. The molecule has 0 saturated carbocycles. The van der Waals surface area contributed by atoms with Gasteiger partial charge in [0.05, 0.1) is 0 Å². The molecule has 1 aliphatic rings. The number of hydrogen-bond donors (Lipinski definition) is 2. The summed E-state index contributed by atoms with van der Waals surface area (Å²) in [5, 5.41) is 18.7. The van der Waals surface area contributed by atoms with Crippen LogP contribution in [-0.2, 0) is 0 Å². The lowest BCUT2D eigenvalue weighted by Gasteiger charge is -2.22. The maximum Gasteiger partial charge on any atom is 0.115 e. The number of hydrogen-bond acceptors (Lipinski definition) is 2. The third-order valence-electron chi connectivity index (χ3n) is 3.92. The van der Waals surface area contributed by atoms with Crippen LogP contribution < -0.4 is 0 Å². The van der Waals surface area contributed by atoms with E-state index in [0.29, 0.717) is 17.4 Å². The summed E-state index contributed by atoms with van der Waals surface area (Å²) in [7, 11) is 0. The third kappa shape index (κ3) is 4.88. The Hall–Kier alpha value is -2.22. The normalized spacial score (nSPS) is 17.0. The van der Waals surface area contributed by atoms with Gasteiger partial charge in [-0.1, -0.05) is 50.6 Å². The minimum atomic E-state index is 0.306. The number of allylic oxidation sites excluding steroid dienone is 2. The smallest absolute Gasteiger partial charge is 0.115 e. The molecule has 2 nitrogen and oxygen atoms in total. The van der Waals surface area contributed by atoms with Gasteiger partial charge in [-0.15, -0.1) is 0 Å². The van der Waals surface area contributed by atoms with Crippen LogP contribution in [0.15, 0.2) is 54.6 Å². The van der Waals surface area contributed by atoms with Crippen molar-refractivity contribution >= 4 is 5.57 Å². The van der Waals surface area contributed by atoms with E-state index in [4.69, 9.17) is 0 Å². The second-order valence-corrected chi connectivity index (χ2v) is 6.04. The summed E-state index contributed by atoms with van der Waals surface area (Å²) in [5.41, 5.74) is 3.78. The zero-order chi connectivity index (χ0) is 16.7. The summed E-state index contributed by atoms with van der Waals surface area (Å²) in [4.78, 5) is 0. The summed E-state index contributed by atoms with van der Waals surface area (Å²) >= 11 is 0. The Morgan fingerprint density at radius 1 is 0.870 bits per heavy atom. The van der Waals surface area contributed by atoms with Gasteiger partial charge in [0.25, 0.3) is 0 Å². The molecule has 2 heteroatoms. The van der Waals surface area contributed by atoms with E-state index in [2.05, 4.69) is 19.9 Å². The van der Waals surface area contributed by atoms with E-state index in [9.17, 15) is 10.2 Å². The van der Waals surface area contributed by atoms with Crippen molar-refractivity contribution in [2.24, 2.45) is 0 Å². The zero-order valence-electron chi connectivity index (χ0n) is 14.0. The number of phenolic OH excluding ortho intramolecular Hbond substituents is 2. The van der Waals surface area contributed by atoms with Gasteiger partial charge in [0, 0.05) is 5.92 Å². The van der Waals surface area contributed by atoms with Crippen molar-refractivity contribution in [3.05, 3.63) is 65.7 Å². The molecule has 2 N–H and O–H groups in total. The third-order valence-corrected chi connectivity index (χ3v) is 3.92. The lowest BCUT2D eigenvalue weighted by molar-refractivity contribution is 0.474. The first-order valence-electron chi connectivity index (χ1n) is 8.43. The van der Waals surface area contributed by atoms with Gasteiger partial charge in [-0.3, -0.25) is 0 Å². The van der Waals surface area contributed by atoms with Gasteiger partial charge < -0.3 is 10.2 Å². The highest BCUT2D eigenvalue weighted by molar-refractivity contribution is 5.68. The predicted octanol–water partition coefficient (Wildman–Crippen LogP) is 5.87. The molecule has 0 aliphatic heterocycles. The van der Waals surface area contributed by atoms with E-state index >= 15 is 0 Å². The van der Waals surface area contributed by atoms with E-state index < -0.39 is 0 Å². The van der Waals surface area contributed by atoms with Gasteiger partial charge in [-0.25, -0.2) is 0 Å². The van der Waals surface area contributed by atoms with Crippen molar-refractivity contribution in [1.82, 2.24) is 0 Å². The summed E-state index contributed by atoms with van der Waals surface area (Å²) in [5.74, 6) is 1.03. The van der Waals surface area contributed by atoms with Crippen LogP contribution in [0.25, 0.3) is 5.57 Å². The highest BCUT2D eigenvalue weighted by Gasteiger charge is 2.16. The van der Waals surface area contributed by atoms with Crippen LogP contribution in [0.1, 0.15) is 56.6 Å². The maximum atomic E-state index is 9.37. The first-order valence-corrected chi connectivity index (χ1v) is 8.43. The number of rotatable bonds is 2. The first-order chi connectivity index (χ1) is 11.1. The summed E-state index contributed by atoms with van der Waals surface area (Å²) < 4.78 is 0. The molecule has 0 fully saturated rings. The fraction of sp³-hybridized carbons (Fsp3) is 0.333. The Bertz CT molecular complexity index is 624. The molecule has 0 aromatic heterocycles. The van der Waals surface area contributed by atoms with Crippen LogP contribution in [0.3, 0.4) is 0 Å². The lowest BCUT2D eigenvalue weighted by atomic mass is 9.83. The summed E-state index contributed by atoms with van der Waals surface area (Å²) in [6, 6.07) is 14.9. The Labute approximate surface area is 139 Å². The van der Waals surface area contributed by atoms with Gasteiger partial charge >= 0.3 is 0 Å². The predicted molar refractivity (Wildman–Crippen MR) is 96.7 cm³/mol. The molecule has 1 aliphatic carbocycles. The zero-order valence-corrected chi connectivity index (χ0v) is 14.0. The molecule has 122 valence electrons. The SMILES string of the molecule is CCC.Oc1ccc(C2=CC(c3ccc(O)cc3)CCC2)cc1. The van der Waals surface area contributed by atoms with Crippen LogP contribution in [0.5, 0.6) is 11.5 Å². The Balaban J connectivity index is 0.000000595. The standard InChI is InChI=1S/C18H18O2.C3H8/c19-17-8-4-13(5-9-17)15-2-1-3-16(12-15)14-6-10-18(20)11-7-14;1-3-2/h4-12,15,19-20H,1-3H2;3H2,1-2H3. The van der Waals surface area contributed by atoms with Crippen molar-refractivity contribution in [1.29, 1.82) is 0 Å². The van der Waals surface area contributed by atoms with Gasteiger partial charge in [-0.05, 0) is 60.2 Å². The number of phenols is 2. The molecule has 1 unspecified atom stereocenters. The molecule has 23 heavy (non-hydrogen) atoms. The molecule has 0 radical (unpaired) electrons. The molecular weight excluding hydrogens is 284 g/mol. The number of aromatic hydroxyl groups is 2. The lowest BCUT2D eigenvalue weighted by Crippen LogP contribution is -2.03. The molecule has 0 saturated heterocycles.